The van der Waals surface area contributed by atoms with Gasteiger partial charge in [0.2, 0.25) is 5.91 Å². The molecule has 1 unspecified atom stereocenters. The van der Waals surface area contributed by atoms with E-state index in [0.29, 0.717) is 29.1 Å². The van der Waals surface area contributed by atoms with Gasteiger partial charge < -0.3 is 5.32 Å². The molecule has 2 aromatic rings. The van der Waals surface area contributed by atoms with Gasteiger partial charge in [-0.2, -0.15) is 0 Å². The zero-order valence-electron chi connectivity index (χ0n) is 11.0. The molecule has 0 radical (unpaired) electrons. The Labute approximate surface area is 135 Å². The predicted octanol–water partition coefficient (Wildman–Crippen LogP) is 4.85. The molecule has 0 saturated carbocycles. The summed E-state index contributed by atoms with van der Waals surface area (Å²) in [6.45, 7) is 0. The molecule has 0 aromatic heterocycles. The lowest BCUT2D eigenvalue weighted by atomic mass is 9.96. The van der Waals surface area contributed by atoms with E-state index in [4.69, 9.17) is 11.6 Å². The smallest absolute Gasteiger partial charge is 0.224 e. The van der Waals surface area contributed by atoms with Crippen molar-refractivity contribution in [3.63, 3.8) is 0 Å². The average molecular weight is 369 g/mol. The number of anilines is 1. The van der Waals surface area contributed by atoms with Crippen molar-refractivity contribution in [3.8, 4) is 0 Å². The lowest BCUT2D eigenvalue weighted by Gasteiger charge is -2.20. The highest BCUT2D eigenvalue weighted by Crippen LogP contribution is 2.38. The van der Waals surface area contributed by atoms with E-state index in [1.807, 2.05) is 18.2 Å². The van der Waals surface area contributed by atoms with Crippen molar-refractivity contribution >= 4 is 39.1 Å². The molecule has 0 spiro atoms. The Morgan fingerprint density at radius 1 is 1.19 bits per heavy atom. The number of rotatable bonds is 2. The number of amides is 1. The molecule has 0 saturated heterocycles. The van der Waals surface area contributed by atoms with Gasteiger partial charge in [0.1, 0.15) is 5.82 Å². The Bertz CT molecular complexity index is 719. The third-order valence-corrected chi connectivity index (χ3v) is 4.90. The Kier molecular flexibility index (Phi) is 4.00. The van der Waals surface area contributed by atoms with E-state index in [9.17, 15) is 9.18 Å². The van der Waals surface area contributed by atoms with Crippen LogP contribution >= 0.6 is 27.5 Å². The van der Waals surface area contributed by atoms with Gasteiger partial charge in [0.15, 0.2) is 0 Å². The third-order valence-electron chi connectivity index (χ3n) is 3.57. The molecule has 1 heterocycles. The summed E-state index contributed by atoms with van der Waals surface area (Å²) in [5.74, 6) is -0.436. The minimum atomic E-state index is -0.363. The zero-order chi connectivity index (χ0) is 15.0. The fourth-order valence-electron chi connectivity index (χ4n) is 2.46. The molecule has 2 nitrogen and oxygen atoms in total. The number of alkyl halides is 1. The molecular formula is C16H12BrClFNO. The van der Waals surface area contributed by atoms with Gasteiger partial charge in [-0.1, -0.05) is 45.7 Å². The second-order valence-corrected chi connectivity index (χ2v) is 6.29. The Morgan fingerprint density at radius 3 is 2.71 bits per heavy atom. The molecule has 1 atom stereocenters. The summed E-state index contributed by atoms with van der Waals surface area (Å²) in [5, 5.41) is 3.29. The van der Waals surface area contributed by atoms with Gasteiger partial charge >= 0.3 is 0 Å². The van der Waals surface area contributed by atoms with E-state index in [2.05, 4.69) is 21.2 Å². The van der Waals surface area contributed by atoms with Crippen LogP contribution in [0.3, 0.4) is 0 Å². The number of hydrogen-bond donors (Lipinski definition) is 1. The second kappa shape index (κ2) is 5.78. The van der Waals surface area contributed by atoms with Crippen LogP contribution in [-0.4, -0.2) is 5.91 Å². The molecule has 2 aromatic carbocycles. The first kappa shape index (κ1) is 14.5. The lowest BCUT2D eigenvalue weighted by molar-refractivity contribution is -0.116. The third kappa shape index (κ3) is 2.83. The Morgan fingerprint density at radius 2 is 1.95 bits per heavy atom. The monoisotopic (exact) mass is 367 g/mol. The van der Waals surface area contributed by atoms with E-state index >= 15 is 0 Å². The average Bonchev–Trinajstić information content (AvgIpc) is 2.46. The molecule has 1 aliphatic heterocycles. The summed E-state index contributed by atoms with van der Waals surface area (Å²) in [5.41, 5.74) is 2.85. The summed E-state index contributed by atoms with van der Waals surface area (Å²) in [6, 6.07) is 10.5. The maximum atomic E-state index is 14.3. The van der Waals surface area contributed by atoms with Crippen molar-refractivity contribution in [3.05, 3.63) is 63.9 Å². The first-order valence-electron chi connectivity index (χ1n) is 6.57. The topological polar surface area (TPSA) is 29.1 Å². The molecule has 1 N–H and O–H groups in total. The molecule has 3 rings (SSSR count). The van der Waals surface area contributed by atoms with Crippen LogP contribution in [-0.2, 0) is 11.2 Å². The number of carbonyl (C=O) groups is 1. The Balaban J connectivity index is 2.03. The van der Waals surface area contributed by atoms with Gasteiger partial charge in [-0.15, -0.1) is 0 Å². The molecule has 1 aliphatic rings. The summed E-state index contributed by atoms with van der Waals surface area (Å²) in [6.07, 6.45) is 1.05. The van der Waals surface area contributed by atoms with E-state index in [1.54, 1.807) is 12.1 Å². The summed E-state index contributed by atoms with van der Waals surface area (Å²) in [4.78, 5) is 11.0. The molecule has 5 heteroatoms. The number of fused-ring (bicyclic) bond motifs is 1. The summed E-state index contributed by atoms with van der Waals surface area (Å²) in [7, 11) is 0. The van der Waals surface area contributed by atoms with Crippen LogP contribution in [0.15, 0.2) is 36.4 Å². The van der Waals surface area contributed by atoms with E-state index < -0.39 is 0 Å². The van der Waals surface area contributed by atoms with Crippen LogP contribution in [0.1, 0.15) is 27.9 Å². The molecule has 0 bridgehead atoms. The molecular weight excluding hydrogens is 357 g/mol. The highest BCUT2D eigenvalue weighted by Gasteiger charge is 2.22. The van der Waals surface area contributed by atoms with Crippen LogP contribution < -0.4 is 5.32 Å². The van der Waals surface area contributed by atoms with Crippen LogP contribution in [0, 0.1) is 5.82 Å². The number of hydrogen-bond acceptors (Lipinski definition) is 1. The SMILES string of the molecule is O=C1CCc2cc(C(Br)c3ccccc3Cl)c(F)cc2N1. The van der Waals surface area contributed by atoms with Crippen molar-refractivity contribution in [1.29, 1.82) is 0 Å². The van der Waals surface area contributed by atoms with E-state index in [1.165, 1.54) is 6.07 Å². The quantitative estimate of drug-likeness (QED) is 0.755. The van der Waals surface area contributed by atoms with Gasteiger partial charge in [0, 0.05) is 22.7 Å². The van der Waals surface area contributed by atoms with Crippen molar-refractivity contribution in [2.24, 2.45) is 0 Å². The molecule has 21 heavy (non-hydrogen) atoms. The predicted molar refractivity (Wildman–Crippen MR) is 85.6 cm³/mol. The number of benzene rings is 2. The first-order valence-corrected chi connectivity index (χ1v) is 7.86. The largest absolute Gasteiger partial charge is 0.326 e. The fraction of sp³-hybridized carbons (Fsp3) is 0.188. The maximum absolute atomic E-state index is 14.3. The van der Waals surface area contributed by atoms with Crippen LogP contribution in [0.4, 0.5) is 10.1 Å². The second-order valence-electron chi connectivity index (χ2n) is 4.96. The minimum absolute atomic E-state index is 0.0730. The van der Waals surface area contributed by atoms with Crippen molar-refractivity contribution < 1.29 is 9.18 Å². The number of aryl methyl sites for hydroxylation is 1. The van der Waals surface area contributed by atoms with Crippen LogP contribution in [0.5, 0.6) is 0 Å². The van der Waals surface area contributed by atoms with Gasteiger partial charge in [0.05, 0.1) is 4.83 Å². The highest BCUT2D eigenvalue weighted by molar-refractivity contribution is 9.09. The van der Waals surface area contributed by atoms with Crippen molar-refractivity contribution in [1.82, 2.24) is 0 Å². The number of halogens is 3. The number of carbonyl (C=O) groups excluding carboxylic acids is 1. The molecule has 1 amide bonds. The van der Waals surface area contributed by atoms with Crippen LogP contribution in [0.25, 0.3) is 0 Å². The zero-order valence-corrected chi connectivity index (χ0v) is 13.3. The van der Waals surface area contributed by atoms with Gasteiger partial charge in [-0.25, -0.2) is 4.39 Å². The minimum Gasteiger partial charge on any atom is -0.326 e. The van der Waals surface area contributed by atoms with Gasteiger partial charge in [0.25, 0.3) is 0 Å². The fourth-order valence-corrected chi connectivity index (χ4v) is 3.59. The van der Waals surface area contributed by atoms with Crippen LogP contribution in [0.2, 0.25) is 5.02 Å². The summed E-state index contributed by atoms with van der Waals surface area (Å²) < 4.78 is 14.3. The van der Waals surface area contributed by atoms with E-state index in [0.717, 1.165) is 11.1 Å². The van der Waals surface area contributed by atoms with Crippen molar-refractivity contribution in [2.45, 2.75) is 17.7 Å². The van der Waals surface area contributed by atoms with Crippen molar-refractivity contribution in [2.75, 3.05) is 5.32 Å². The first-order chi connectivity index (χ1) is 10.1. The lowest BCUT2D eigenvalue weighted by Crippen LogP contribution is -2.19. The Hall–Kier alpha value is -1.39. The normalized spacial score (nSPS) is 15.3. The van der Waals surface area contributed by atoms with Gasteiger partial charge in [-0.05, 0) is 35.7 Å². The van der Waals surface area contributed by atoms with E-state index in [-0.39, 0.29) is 16.6 Å². The molecule has 0 aliphatic carbocycles. The molecule has 0 fully saturated rings. The maximum Gasteiger partial charge on any atom is 0.224 e. The highest BCUT2D eigenvalue weighted by atomic mass is 79.9. The molecule has 108 valence electrons. The number of nitrogens with one attached hydrogen (secondary N) is 1. The van der Waals surface area contributed by atoms with Gasteiger partial charge in [-0.3, -0.25) is 4.79 Å². The standard InChI is InChI=1S/C16H12BrClFNO/c17-16(10-3-1-2-4-12(10)18)11-7-9-5-6-15(21)20-14(9)8-13(11)19/h1-4,7-8,16H,5-6H2,(H,20,21). The summed E-state index contributed by atoms with van der Waals surface area (Å²) >= 11 is 9.70.